The third kappa shape index (κ3) is 4.14. The van der Waals surface area contributed by atoms with Gasteiger partial charge in [0.25, 0.3) is 0 Å². The molecule has 1 heterocycles. The molecule has 0 bridgehead atoms. The van der Waals surface area contributed by atoms with Gasteiger partial charge in [-0.15, -0.1) is 13.2 Å². The molecule has 0 amide bonds. The van der Waals surface area contributed by atoms with E-state index in [0.29, 0.717) is 13.2 Å². The summed E-state index contributed by atoms with van der Waals surface area (Å²) >= 11 is 0. The fraction of sp³-hybridized carbons (Fsp3) is 0.625. The highest BCUT2D eigenvalue weighted by atomic mass is 19.4. The zero-order chi connectivity index (χ0) is 16.4. The minimum absolute atomic E-state index is 0.159. The lowest BCUT2D eigenvalue weighted by molar-refractivity contribution is -0.274. The molecule has 1 unspecified atom stereocenters. The minimum Gasteiger partial charge on any atom is -0.406 e. The number of ether oxygens (including phenoxy) is 2. The summed E-state index contributed by atoms with van der Waals surface area (Å²) in [5, 5.41) is 0. The van der Waals surface area contributed by atoms with Crippen LogP contribution >= 0.6 is 0 Å². The molecule has 22 heavy (non-hydrogen) atoms. The van der Waals surface area contributed by atoms with Gasteiger partial charge in [0.15, 0.2) is 0 Å². The number of rotatable bonds is 4. The molecule has 0 spiro atoms. The molecule has 124 valence electrons. The second-order valence-corrected chi connectivity index (χ2v) is 6.43. The summed E-state index contributed by atoms with van der Waals surface area (Å²) in [6.45, 7) is 5.20. The van der Waals surface area contributed by atoms with Crippen LogP contribution in [0.5, 0.6) is 5.75 Å². The lowest BCUT2D eigenvalue weighted by Gasteiger charge is -2.45. The number of hydrogen-bond donors (Lipinski definition) is 1. The molecule has 0 aliphatic carbocycles. The van der Waals surface area contributed by atoms with Gasteiger partial charge in [0.05, 0.1) is 5.60 Å². The van der Waals surface area contributed by atoms with Gasteiger partial charge in [-0.3, -0.25) is 0 Å². The van der Waals surface area contributed by atoms with Gasteiger partial charge < -0.3 is 15.2 Å². The van der Waals surface area contributed by atoms with Crippen LogP contribution < -0.4 is 10.5 Å². The monoisotopic (exact) mass is 317 g/mol. The van der Waals surface area contributed by atoms with Gasteiger partial charge in [-0.2, -0.15) is 0 Å². The Kier molecular flexibility index (Phi) is 4.73. The maximum atomic E-state index is 12.2. The van der Waals surface area contributed by atoms with Gasteiger partial charge in [0.2, 0.25) is 0 Å². The highest BCUT2D eigenvalue weighted by Gasteiger charge is 2.41. The standard InChI is InChI=1S/C16H22F3NO2/c1-14(2)11-15(7-9-20,8-10-21-14)12-3-5-13(6-4-12)22-16(17,18)19/h3-6H,7-11,20H2,1-2H3. The van der Waals surface area contributed by atoms with Gasteiger partial charge in [0, 0.05) is 12.0 Å². The molecule has 1 aromatic rings. The highest BCUT2D eigenvalue weighted by Crippen LogP contribution is 2.44. The highest BCUT2D eigenvalue weighted by molar-refractivity contribution is 5.33. The molecule has 1 atom stereocenters. The van der Waals surface area contributed by atoms with Gasteiger partial charge in [0.1, 0.15) is 5.75 Å². The summed E-state index contributed by atoms with van der Waals surface area (Å²) in [6, 6.07) is 6.14. The maximum absolute atomic E-state index is 12.2. The predicted octanol–water partition coefficient (Wildman–Crippen LogP) is 3.76. The van der Waals surface area contributed by atoms with Crippen molar-refractivity contribution in [3.05, 3.63) is 29.8 Å². The largest absolute Gasteiger partial charge is 0.573 e. The molecule has 6 heteroatoms. The van der Waals surface area contributed by atoms with Crippen LogP contribution in [0.4, 0.5) is 13.2 Å². The Morgan fingerprint density at radius 2 is 1.86 bits per heavy atom. The van der Waals surface area contributed by atoms with E-state index < -0.39 is 6.36 Å². The second-order valence-electron chi connectivity index (χ2n) is 6.43. The second kappa shape index (κ2) is 6.08. The first-order valence-electron chi connectivity index (χ1n) is 7.36. The number of hydrogen-bond acceptors (Lipinski definition) is 3. The molecule has 0 saturated carbocycles. The smallest absolute Gasteiger partial charge is 0.406 e. The Bertz CT molecular complexity index is 495. The van der Waals surface area contributed by atoms with Crippen molar-refractivity contribution >= 4 is 0 Å². The van der Waals surface area contributed by atoms with Crippen LogP contribution in [-0.4, -0.2) is 25.1 Å². The average Bonchev–Trinajstić information content (AvgIpc) is 2.36. The Morgan fingerprint density at radius 1 is 1.23 bits per heavy atom. The molecule has 0 radical (unpaired) electrons. The molecule has 1 aromatic carbocycles. The lowest BCUT2D eigenvalue weighted by Crippen LogP contribution is -2.45. The number of benzene rings is 1. The molecular formula is C16H22F3NO2. The van der Waals surface area contributed by atoms with E-state index in [1.165, 1.54) is 12.1 Å². The van der Waals surface area contributed by atoms with Gasteiger partial charge in [-0.1, -0.05) is 12.1 Å². The first-order valence-corrected chi connectivity index (χ1v) is 7.36. The quantitative estimate of drug-likeness (QED) is 0.919. The van der Waals surface area contributed by atoms with Crippen molar-refractivity contribution in [2.24, 2.45) is 5.73 Å². The first kappa shape index (κ1) is 17.1. The van der Waals surface area contributed by atoms with Crippen LogP contribution in [0.2, 0.25) is 0 Å². The molecule has 2 rings (SSSR count). The average molecular weight is 317 g/mol. The first-order chi connectivity index (χ1) is 10.2. The molecule has 3 nitrogen and oxygen atoms in total. The van der Waals surface area contributed by atoms with Crippen molar-refractivity contribution in [1.82, 2.24) is 0 Å². The van der Waals surface area contributed by atoms with E-state index in [4.69, 9.17) is 10.5 Å². The molecular weight excluding hydrogens is 295 g/mol. The van der Waals surface area contributed by atoms with Crippen molar-refractivity contribution in [2.45, 2.75) is 50.5 Å². The normalized spacial score (nSPS) is 25.0. The lowest BCUT2D eigenvalue weighted by atomic mass is 9.67. The van der Waals surface area contributed by atoms with Crippen molar-refractivity contribution in [2.75, 3.05) is 13.2 Å². The molecule has 2 N–H and O–H groups in total. The Morgan fingerprint density at radius 3 is 2.36 bits per heavy atom. The third-order valence-electron chi connectivity index (χ3n) is 4.16. The van der Waals surface area contributed by atoms with Gasteiger partial charge >= 0.3 is 6.36 Å². The SMILES string of the molecule is CC1(C)CC(CCN)(c2ccc(OC(F)(F)F)cc2)CCO1. The third-order valence-corrected chi connectivity index (χ3v) is 4.16. The summed E-state index contributed by atoms with van der Waals surface area (Å²) in [7, 11) is 0. The van der Waals surface area contributed by atoms with Crippen LogP contribution in [0.3, 0.4) is 0 Å². The molecule has 1 aliphatic heterocycles. The number of nitrogens with two attached hydrogens (primary N) is 1. The fourth-order valence-corrected chi connectivity index (χ4v) is 3.37. The van der Waals surface area contributed by atoms with E-state index in [0.717, 1.165) is 24.8 Å². The van der Waals surface area contributed by atoms with E-state index in [9.17, 15) is 13.2 Å². The van der Waals surface area contributed by atoms with Crippen LogP contribution in [-0.2, 0) is 10.2 Å². The minimum atomic E-state index is -4.67. The summed E-state index contributed by atoms with van der Waals surface area (Å²) in [4.78, 5) is 0. The molecule has 1 fully saturated rings. The molecule has 1 saturated heterocycles. The van der Waals surface area contributed by atoms with Crippen molar-refractivity contribution < 1.29 is 22.6 Å². The maximum Gasteiger partial charge on any atom is 0.573 e. The Balaban J connectivity index is 2.25. The van der Waals surface area contributed by atoms with Crippen LogP contribution in [0.15, 0.2) is 24.3 Å². The zero-order valence-corrected chi connectivity index (χ0v) is 12.9. The summed E-state index contributed by atoms with van der Waals surface area (Å²) < 4.78 is 46.4. The topological polar surface area (TPSA) is 44.5 Å². The summed E-state index contributed by atoms with van der Waals surface area (Å²) in [5.41, 5.74) is 6.33. The van der Waals surface area contributed by atoms with E-state index in [1.54, 1.807) is 12.1 Å². The van der Waals surface area contributed by atoms with Crippen LogP contribution in [0.25, 0.3) is 0 Å². The summed E-state index contributed by atoms with van der Waals surface area (Å²) in [5.74, 6) is -0.203. The van der Waals surface area contributed by atoms with Crippen LogP contribution in [0, 0.1) is 0 Å². The summed E-state index contributed by atoms with van der Waals surface area (Å²) in [6.07, 6.45) is -2.29. The van der Waals surface area contributed by atoms with E-state index >= 15 is 0 Å². The number of halogens is 3. The Labute approximate surface area is 128 Å². The van der Waals surface area contributed by atoms with E-state index in [-0.39, 0.29) is 16.8 Å². The van der Waals surface area contributed by atoms with Crippen molar-refractivity contribution in [1.29, 1.82) is 0 Å². The van der Waals surface area contributed by atoms with Gasteiger partial charge in [-0.05, 0) is 57.4 Å². The van der Waals surface area contributed by atoms with Gasteiger partial charge in [-0.25, -0.2) is 0 Å². The van der Waals surface area contributed by atoms with Crippen molar-refractivity contribution in [3.8, 4) is 5.75 Å². The van der Waals surface area contributed by atoms with E-state index in [1.807, 2.05) is 13.8 Å². The molecule has 0 aromatic heterocycles. The molecule has 1 aliphatic rings. The van der Waals surface area contributed by atoms with Crippen LogP contribution in [0.1, 0.15) is 38.7 Å². The zero-order valence-electron chi connectivity index (χ0n) is 12.9. The fourth-order valence-electron chi connectivity index (χ4n) is 3.37. The van der Waals surface area contributed by atoms with Crippen molar-refractivity contribution in [3.63, 3.8) is 0 Å². The predicted molar refractivity (Wildman–Crippen MR) is 77.7 cm³/mol. The van der Waals surface area contributed by atoms with E-state index in [2.05, 4.69) is 4.74 Å². The number of alkyl halides is 3. The Hall–Kier alpha value is -1.27.